The van der Waals surface area contributed by atoms with Gasteiger partial charge in [-0.15, -0.1) is 0 Å². The molecule has 0 bridgehead atoms. The van der Waals surface area contributed by atoms with Crippen LogP contribution in [-0.4, -0.2) is 43.0 Å². The number of carbonyl (C=O) groups excluding carboxylic acids is 1. The number of hydrogen-bond donors (Lipinski definition) is 1. The lowest BCUT2D eigenvalue weighted by atomic mass is 10.2. The van der Waals surface area contributed by atoms with Crippen LogP contribution in [0.15, 0.2) is 48.5 Å². The van der Waals surface area contributed by atoms with E-state index in [1.807, 2.05) is 49.3 Å². The molecule has 0 atom stereocenters. The van der Waals surface area contributed by atoms with Crippen molar-refractivity contribution in [2.45, 2.75) is 6.54 Å². The molecule has 0 fully saturated rings. The second kappa shape index (κ2) is 8.92. The van der Waals surface area contributed by atoms with E-state index in [4.69, 9.17) is 23.2 Å². The van der Waals surface area contributed by atoms with Crippen LogP contribution >= 0.6 is 23.2 Å². The van der Waals surface area contributed by atoms with Gasteiger partial charge in [-0.25, -0.2) is 4.79 Å². The lowest BCUT2D eigenvalue weighted by molar-refractivity contribution is 0.202. The molecule has 1 N–H and O–H groups in total. The highest BCUT2D eigenvalue weighted by molar-refractivity contribution is 6.43. The maximum Gasteiger partial charge on any atom is 0.322 e. The maximum atomic E-state index is 12.7. The van der Waals surface area contributed by atoms with Gasteiger partial charge in [0.2, 0.25) is 0 Å². The van der Waals surface area contributed by atoms with Crippen LogP contribution in [0, 0.1) is 0 Å². The Morgan fingerprint density at radius 1 is 1.00 bits per heavy atom. The van der Waals surface area contributed by atoms with Crippen LogP contribution in [-0.2, 0) is 6.54 Å². The molecule has 2 amide bonds. The molecule has 24 heavy (non-hydrogen) atoms. The Labute approximate surface area is 153 Å². The number of benzene rings is 2. The summed E-state index contributed by atoms with van der Waals surface area (Å²) in [6.45, 7) is 1.90. The van der Waals surface area contributed by atoms with Gasteiger partial charge in [-0.1, -0.05) is 59.6 Å². The van der Waals surface area contributed by atoms with Crippen LogP contribution in [0.2, 0.25) is 10.0 Å². The third-order valence-electron chi connectivity index (χ3n) is 3.51. The molecule has 2 aromatic carbocycles. The largest absolute Gasteiger partial charge is 0.322 e. The first-order chi connectivity index (χ1) is 11.5. The summed E-state index contributed by atoms with van der Waals surface area (Å²) in [5.41, 5.74) is 1.58. The molecule has 0 aliphatic rings. The van der Waals surface area contributed by atoms with Crippen LogP contribution in [0.5, 0.6) is 0 Å². The molecule has 0 saturated heterocycles. The Hall–Kier alpha value is -1.75. The zero-order chi connectivity index (χ0) is 17.5. The van der Waals surface area contributed by atoms with E-state index in [1.54, 1.807) is 23.1 Å². The highest BCUT2D eigenvalue weighted by Gasteiger charge is 2.16. The molecule has 0 spiro atoms. The number of nitrogens with one attached hydrogen (secondary N) is 1. The second-order valence-electron chi connectivity index (χ2n) is 5.74. The molecular formula is C18H21Cl2N3O. The van der Waals surface area contributed by atoms with E-state index in [1.165, 1.54) is 0 Å². The number of urea groups is 1. The van der Waals surface area contributed by atoms with Crippen molar-refractivity contribution in [3.8, 4) is 0 Å². The van der Waals surface area contributed by atoms with E-state index in [2.05, 4.69) is 5.32 Å². The summed E-state index contributed by atoms with van der Waals surface area (Å²) in [5.74, 6) is 0. The van der Waals surface area contributed by atoms with Crippen LogP contribution in [0.25, 0.3) is 0 Å². The van der Waals surface area contributed by atoms with E-state index in [-0.39, 0.29) is 6.03 Å². The van der Waals surface area contributed by atoms with Crippen LogP contribution in [0.1, 0.15) is 5.56 Å². The Morgan fingerprint density at radius 3 is 2.38 bits per heavy atom. The fourth-order valence-corrected chi connectivity index (χ4v) is 2.52. The zero-order valence-electron chi connectivity index (χ0n) is 13.8. The van der Waals surface area contributed by atoms with E-state index in [0.717, 1.165) is 12.1 Å². The number of carbonyl (C=O) groups is 1. The number of anilines is 1. The average Bonchev–Trinajstić information content (AvgIpc) is 2.56. The summed E-state index contributed by atoms with van der Waals surface area (Å²) in [4.78, 5) is 16.5. The van der Waals surface area contributed by atoms with Crippen molar-refractivity contribution < 1.29 is 4.79 Å². The Kier molecular flexibility index (Phi) is 6.91. The molecule has 0 radical (unpaired) electrons. The summed E-state index contributed by atoms with van der Waals surface area (Å²) >= 11 is 12.2. The van der Waals surface area contributed by atoms with Gasteiger partial charge in [0.05, 0.1) is 15.7 Å². The third kappa shape index (κ3) is 5.41. The maximum absolute atomic E-state index is 12.7. The molecule has 6 heteroatoms. The fourth-order valence-electron chi connectivity index (χ4n) is 2.17. The first-order valence-corrected chi connectivity index (χ1v) is 8.41. The van der Waals surface area contributed by atoms with Gasteiger partial charge in [-0.3, -0.25) is 0 Å². The normalized spacial score (nSPS) is 10.7. The number of likely N-dealkylation sites (N-methyl/N-ethyl adjacent to an activating group) is 1. The van der Waals surface area contributed by atoms with E-state index in [0.29, 0.717) is 28.8 Å². The molecule has 0 aliphatic heterocycles. The highest BCUT2D eigenvalue weighted by Crippen LogP contribution is 2.29. The smallest absolute Gasteiger partial charge is 0.319 e. The second-order valence-corrected chi connectivity index (χ2v) is 6.53. The Morgan fingerprint density at radius 2 is 1.71 bits per heavy atom. The number of hydrogen-bond acceptors (Lipinski definition) is 2. The first kappa shape index (κ1) is 18.6. The van der Waals surface area contributed by atoms with Gasteiger partial charge in [0.15, 0.2) is 0 Å². The lowest BCUT2D eigenvalue weighted by Crippen LogP contribution is -2.39. The summed E-state index contributed by atoms with van der Waals surface area (Å²) in [6, 6.07) is 14.9. The van der Waals surface area contributed by atoms with Crippen molar-refractivity contribution in [2.75, 3.05) is 32.5 Å². The topological polar surface area (TPSA) is 35.6 Å². The lowest BCUT2D eigenvalue weighted by Gasteiger charge is -2.25. The van der Waals surface area contributed by atoms with E-state index in [9.17, 15) is 4.79 Å². The number of nitrogens with zero attached hydrogens (tertiary/aromatic N) is 2. The van der Waals surface area contributed by atoms with Gasteiger partial charge in [0.1, 0.15) is 0 Å². The van der Waals surface area contributed by atoms with Crippen molar-refractivity contribution in [1.29, 1.82) is 0 Å². The first-order valence-electron chi connectivity index (χ1n) is 7.66. The Bertz CT molecular complexity index is 677. The number of amides is 2. The Balaban J connectivity index is 2.12. The van der Waals surface area contributed by atoms with Gasteiger partial charge >= 0.3 is 6.03 Å². The van der Waals surface area contributed by atoms with E-state index >= 15 is 0 Å². The van der Waals surface area contributed by atoms with Crippen LogP contribution in [0.3, 0.4) is 0 Å². The molecule has 2 aromatic rings. The molecule has 0 heterocycles. The predicted octanol–water partition coefficient (Wildman–Crippen LogP) is 4.59. The molecule has 2 rings (SSSR count). The molecule has 4 nitrogen and oxygen atoms in total. The minimum absolute atomic E-state index is 0.204. The van der Waals surface area contributed by atoms with Gasteiger partial charge in [-0.05, 0) is 31.8 Å². The van der Waals surface area contributed by atoms with Crippen molar-refractivity contribution in [3.05, 3.63) is 64.1 Å². The average molecular weight is 366 g/mol. The fraction of sp³-hybridized carbons (Fsp3) is 0.278. The van der Waals surface area contributed by atoms with Gasteiger partial charge in [0, 0.05) is 19.6 Å². The standard InChI is InChI=1S/C18H21Cl2N3O/c1-22(2)11-12-23(13-14-7-4-3-5-8-14)18(24)21-16-10-6-9-15(19)17(16)20/h3-10H,11-13H2,1-2H3,(H,21,24). The van der Waals surface area contributed by atoms with Crippen molar-refractivity contribution in [2.24, 2.45) is 0 Å². The molecule has 0 saturated carbocycles. The predicted molar refractivity (Wildman–Crippen MR) is 101 cm³/mol. The molecule has 128 valence electrons. The van der Waals surface area contributed by atoms with Crippen LogP contribution < -0.4 is 5.32 Å². The van der Waals surface area contributed by atoms with E-state index < -0.39 is 0 Å². The van der Waals surface area contributed by atoms with Gasteiger partial charge in [-0.2, -0.15) is 0 Å². The molecule has 0 aromatic heterocycles. The SMILES string of the molecule is CN(C)CCN(Cc1ccccc1)C(=O)Nc1cccc(Cl)c1Cl. The minimum Gasteiger partial charge on any atom is -0.319 e. The number of halogens is 2. The highest BCUT2D eigenvalue weighted by atomic mass is 35.5. The van der Waals surface area contributed by atoms with Crippen molar-refractivity contribution in [3.63, 3.8) is 0 Å². The molecule has 0 unspecified atom stereocenters. The van der Waals surface area contributed by atoms with Gasteiger partial charge in [0.25, 0.3) is 0 Å². The minimum atomic E-state index is -0.204. The molecule has 0 aliphatic carbocycles. The van der Waals surface area contributed by atoms with Crippen molar-refractivity contribution >= 4 is 34.9 Å². The number of rotatable bonds is 6. The summed E-state index contributed by atoms with van der Waals surface area (Å²) < 4.78 is 0. The van der Waals surface area contributed by atoms with Crippen LogP contribution in [0.4, 0.5) is 10.5 Å². The third-order valence-corrected chi connectivity index (χ3v) is 4.33. The quantitative estimate of drug-likeness (QED) is 0.812. The monoisotopic (exact) mass is 365 g/mol. The summed E-state index contributed by atoms with van der Waals surface area (Å²) in [6.07, 6.45) is 0. The zero-order valence-corrected chi connectivity index (χ0v) is 15.3. The van der Waals surface area contributed by atoms with Gasteiger partial charge < -0.3 is 15.1 Å². The van der Waals surface area contributed by atoms with Crippen molar-refractivity contribution in [1.82, 2.24) is 9.80 Å². The summed E-state index contributed by atoms with van der Waals surface area (Å²) in [5, 5.41) is 3.61. The summed E-state index contributed by atoms with van der Waals surface area (Å²) in [7, 11) is 3.96. The molecular weight excluding hydrogens is 345 g/mol.